The molecule has 1 aliphatic carbocycles. The highest BCUT2D eigenvalue weighted by atomic mass is 35.5. The van der Waals surface area contributed by atoms with Gasteiger partial charge in [-0.25, -0.2) is 0 Å². The van der Waals surface area contributed by atoms with Crippen LogP contribution in [0, 0.1) is 0 Å². The van der Waals surface area contributed by atoms with Gasteiger partial charge in [-0.1, -0.05) is 23.7 Å². The molecule has 1 atom stereocenters. The van der Waals surface area contributed by atoms with Gasteiger partial charge >= 0.3 is 0 Å². The van der Waals surface area contributed by atoms with Crippen LogP contribution in [0.3, 0.4) is 0 Å². The highest BCUT2D eigenvalue weighted by molar-refractivity contribution is 6.30. The Morgan fingerprint density at radius 3 is 2.46 bits per heavy atom. The molecule has 0 radical (unpaired) electrons. The van der Waals surface area contributed by atoms with Gasteiger partial charge in [-0.15, -0.1) is 0 Å². The quantitative estimate of drug-likeness (QED) is 0.878. The Balaban J connectivity index is 1.36. The fourth-order valence-electron chi connectivity index (χ4n) is 4.68. The first-order valence-electron chi connectivity index (χ1n) is 10.1. The molecule has 5 heteroatoms. The van der Waals surface area contributed by atoms with E-state index in [0.717, 1.165) is 36.4 Å². The van der Waals surface area contributed by atoms with Crippen LogP contribution in [-0.4, -0.2) is 61.0 Å². The SMILES string of the molecule is CN1CCC(N2CCC[C@H](NC(=O)C3(c4ccc(Cl)cc4)CC3)C2)CC1. The number of likely N-dealkylation sites (tertiary alicyclic amines) is 2. The van der Waals surface area contributed by atoms with Gasteiger partial charge in [-0.3, -0.25) is 9.69 Å². The number of nitrogens with zero attached hydrogens (tertiary/aromatic N) is 2. The molecule has 3 aliphatic rings. The van der Waals surface area contributed by atoms with Gasteiger partial charge in [0.15, 0.2) is 0 Å². The Labute approximate surface area is 161 Å². The first-order chi connectivity index (χ1) is 12.6. The molecule has 1 aromatic rings. The van der Waals surface area contributed by atoms with Crippen molar-refractivity contribution < 1.29 is 4.79 Å². The lowest BCUT2D eigenvalue weighted by Gasteiger charge is -2.42. The van der Waals surface area contributed by atoms with Gasteiger partial charge in [0, 0.05) is 23.7 Å². The van der Waals surface area contributed by atoms with E-state index >= 15 is 0 Å². The normalized spacial score (nSPS) is 27.2. The first-order valence-corrected chi connectivity index (χ1v) is 10.4. The summed E-state index contributed by atoms with van der Waals surface area (Å²) in [7, 11) is 2.21. The summed E-state index contributed by atoms with van der Waals surface area (Å²) in [6, 6.07) is 8.80. The van der Waals surface area contributed by atoms with E-state index in [4.69, 9.17) is 11.6 Å². The molecule has 0 unspecified atom stereocenters. The van der Waals surface area contributed by atoms with Crippen LogP contribution >= 0.6 is 11.6 Å². The summed E-state index contributed by atoms with van der Waals surface area (Å²) >= 11 is 6.01. The zero-order chi connectivity index (χ0) is 18.1. The van der Waals surface area contributed by atoms with E-state index in [2.05, 4.69) is 22.2 Å². The standard InChI is InChI=1S/C21H30ClN3O/c1-24-13-8-19(9-14-24)25-12-2-3-18(15-25)23-20(26)21(10-11-21)16-4-6-17(22)7-5-16/h4-7,18-19H,2-3,8-15H2,1H3,(H,23,26)/t18-/m0/s1. The van der Waals surface area contributed by atoms with Gasteiger partial charge in [0.1, 0.15) is 0 Å². The van der Waals surface area contributed by atoms with E-state index in [1.165, 1.54) is 38.9 Å². The van der Waals surface area contributed by atoms with Crippen LogP contribution in [0.4, 0.5) is 0 Å². The van der Waals surface area contributed by atoms with Gasteiger partial charge in [0.2, 0.25) is 5.91 Å². The van der Waals surface area contributed by atoms with E-state index in [1.807, 2.05) is 24.3 Å². The second-order valence-corrected chi connectivity index (χ2v) is 8.87. The van der Waals surface area contributed by atoms with Crippen molar-refractivity contribution in [2.75, 3.05) is 33.2 Å². The molecule has 1 amide bonds. The summed E-state index contributed by atoms with van der Waals surface area (Å²) in [5, 5.41) is 4.12. The van der Waals surface area contributed by atoms with Crippen molar-refractivity contribution in [2.24, 2.45) is 0 Å². The maximum atomic E-state index is 13.0. The second-order valence-electron chi connectivity index (χ2n) is 8.43. The number of piperidine rings is 2. The van der Waals surface area contributed by atoms with Crippen molar-refractivity contribution in [1.29, 1.82) is 0 Å². The largest absolute Gasteiger partial charge is 0.351 e. The molecule has 3 fully saturated rings. The minimum Gasteiger partial charge on any atom is -0.351 e. The molecule has 1 N–H and O–H groups in total. The number of carbonyl (C=O) groups excluding carboxylic acids is 1. The zero-order valence-corrected chi connectivity index (χ0v) is 16.5. The molecule has 0 bridgehead atoms. The fraction of sp³-hybridized carbons (Fsp3) is 0.667. The molecule has 4 nitrogen and oxygen atoms in total. The predicted octanol–water partition coefficient (Wildman–Crippen LogP) is 3.05. The lowest BCUT2D eigenvalue weighted by molar-refractivity contribution is -0.124. The summed E-state index contributed by atoms with van der Waals surface area (Å²) in [5.74, 6) is 0.218. The van der Waals surface area contributed by atoms with Gasteiger partial charge < -0.3 is 10.2 Å². The van der Waals surface area contributed by atoms with Crippen LogP contribution in [0.1, 0.15) is 44.1 Å². The van der Waals surface area contributed by atoms with E-state index in [9.17, 15) is 4.79 Å². The summed E-state index contributed by atoms with van der Waals surface area (Å²) in [6.07, 6.45) is 6.70. The van der Waals surface area contributed by atoms with Crippen molar-refractivity contribution in [1.82, 2.24) is 15.1 Å². The molecular formula is C21H30ClN3O. The van der Waals surface area contributed by atoms with Crippen molar-refractivity contribution in [3.63, 3.8) is 0 Å². The average Bonchev–Trinajstić information content (AvgIpc) is 3.45. The smallest absolute Gasteiger partial charge is 0.230 e. The maximum absolute atomic E-state index is 13.0. The molecule has 1 saturated carbocycles. The number of rotatable bonds is 4. The third kappa shape index (κ3) is 3.78. The monoisotopic (exact) mass is 375 g/mol. The Morgan fingerprint density at radius 2 is 1.81 bits per heavy atom. The topological polar surface area (TPSA) is 35.6 Å². The minimum absolute atomic E-state index is 0.218. The average molecular weight is 376 g/mol. The Hall–Kier alpha value is -1.10. The third-order valence-corrected chi connectivity index (χ3v) is 6.83. The van der Waals surface area contributed by atoms with Gasteiger partial charge in [-0.05, 0) is 82.9 Å². The highest BCUT2D eigenvalue weighted by Crippen LogP contribution is 2.48. The number of hydrogen-bond donors (Lipinski definition) is 1. The third-order valence-electron chi connectivity index (χ3n) is 6.57. The summed E-state index contributed by atoms with van der Waals surface area (Å²) < 4.78 is 0. The highest BCUT2D eigenvalue weighted by Gasteiger charge is 2.51. The molecule has 1 aromatic carbocycles. The Bertz CT molecular complexity index is 635. The molecule has 4 rings (SSSR count). The van der Waals surface area contributed by atoms with Crippen molar-refractivity contribution >= 4 is 17.5 Å². The van der Waals surface area contributed by atoms with Crippen molar-refractivity contribution in [2.45, 2.75) is 56.0 Å². The summed E-state index contributed by atoms with van der Waals surface area (Å²) in [6.45, 7) is 4.58. The fourth-order valence-corrected chi connectivity index (χ4v) is 4.81. The van der Waals surface area contributed by atoms with Gasteiger partial charge in [0.05, 0.1) is 5.41 Å². The number of nitrogens with one attached hydrogen (secondary N) is 1. The minimum atomic E-state index is -0.305. The number of halogens is 1. The molecule has 2 aliphatic heterocycles. The number of hydrogen-bond acceptors (Lipinski definition) is 3. The van der Waals surface area contributed by atoms with E-state index in [-0.39, 0.29) is 11.3 Å². The van der Waals surface area contributed by atoms with Crippen LogP contribution < -0.4 is 5.32 Å². The number of benzene rings is 1. The first kappa shape index (κ1) is 18.3. The van der Waals surface area contributed by atoms with Crippen LogP contribution in [0.15, 0.2) is 24.3 Å². The molecule has 26 heavy (non-hydrogen) atoms. The second kappa shape index (κ2) is 7.49. The van der Waals surface area contributed by atoms with Crippen molar-refractivity contribution in [3.8, 4) is 0 Å². The van der Waals surface area contributed by atoms with Crippen LogP contribution in [-0.2, 0) is 10.2 Å². The van der Waals surface area contributed by atoms with Crippen LogP contribution in [0.25, 0.3) is 0 Å². The Kier molecular flexibility index (Phi) is 5.27. The molecule has 142 valence electrons. The molecule has 2 heterocycles. The maximum Gasteiger partial charge on any atom is 0.230 e. The van der Waals surface area contributed by atoms with Crippen LogP contribution in [0.2, 0.25) is 5.02 Å². The van der Waals surface area contributed by atoms with Gasteiger partial charge in [0.25, 0.3) is 0 Å². The van der Waals surface area contributed by atoms with Gasteiger partial charge in [-0.2, -0.15) is 0 Å². The number of amides is 1. The zero-order valence-electron chi connectivity index (χ0n) is 15.7. The van der Waals surface area contributed by atoms with E-state index < -0.39 is 0 Å². The molecule has 0 spiro atoms. The summed E-state index contributed by atoms with van der Waals surface area (Å²) in [5.41, 5.74) is 0.808. The predicted molar refractivity (Wildman–Crippen MR) is 106 cm³/mol. The van der Waals surface area contributed by atoms with Crippen molar-refractivity contribution in [3.05, 3.63) is 34.9 Å². The molecule has 0 aromatic heterocycles. The Morgan fingerprint density at radius 1 is 1.12 bits per heavy atom. The molecular weight excluding hydrogens is 346 g/mol. The lowest BCUT2D eigenvalue weighted by Crippen LogP contribution is -2.54. The lowest BCUT2D eigenvalue weighted by atomic mass is 9.93. The summed E-state index contributed by atoms with van der Waals surface area (Å²) in [4.78, 5) is 18.1. The van der Waals surface area contributed by atoms with Crippen LogP contribution in [0.5, 0.6) is 0 Å². The molecule has 2 saturated heterocycles. The van der Waals surface area contributed by atoms with E-state index in [0.29, 0.717) is 12.1 Å². The van der Waals surface area contributed by atoms with E-state index in [1.54, 1.807) is 0 Å². The number of carbonyl (C=O) groups is 1.